The van der Waals surface area contributed by atoms with Gasteiger partial charge in [-0.05, 0) is 38.1 Å². The minimum atomic E-state index is -0.270. The van der Waals surface area contributed by atoms with Crippen molar-refractivity contribution >= 4 is 45.6 Å². The number of aliphatic hydroxyl groups excluding tert-OH is 1. The molecule has 0 saturated carbocycles. The highest BCUT2D eigenvalue weighted by Gasteiger charge is 2.21. The van der Waals surface area contributed by atoms with Crippen LogP contribution in [0.5, 0.6) is 5.75 Å². The van der Waals surface area contributed by atoms with Gasteiger partial charge in [-0.3, -0.25) is 10.2 Å². The summed E-state index contributed by atoms with van der Waals surface area (Å²) in [5, 5.41) is 25.0. The van der Waals surface area contributed by atoms with E-state index in [4.69, 9.17) is 11.6 Å². The second-order valence-electron chi connectivity index (χ2n) is 6.15. The number of aromatic nitrogens is 1. The van der Waals surface area contributed by atoms with Crippen molar-refractivity contribution in [2.75, 3.05) is 5.43 Å². The maximum absolute atomic E-state index is 12.1. The number of anilines is 1. The normalized spacial score (nSPS) is 12.1. The SMILES string of the molecule is CC(=O)C(=C(C)O)c1sc(NN=Cc2ccccc2O)nc1-c1ccc(Cl)cc1. The van der Waals surface area contributed by atoms with Gasteiger partial charge in [0.05, 0.1) is 22.4 Å². The number of allylic oxidation sites excluding steroid dienone is 2. The second kappa shape index (κ2) is 8.89. The molecule has 2 aromatic carbocycles. The van der Waals surface area contributed by atoms with Crippen LogP contribution in [0, 0.1) is 0 Å². The van der Waals surface area contributed by atoms with Crippen LogP contribution in [0.2, 0.25) is 5.02 Å². The number of phenols is 1. The molecule has 29 heavy (non-hydrogen) atoms. The van der Waals surface area contributed by atoms with Crippen molar-refractivity contribution in [1.29, 1.82) is 0 Å². The lowest BCUT2D eigenvalue weighted by Gasteiger charge is -2.06. The third-order valence-corrected chi connectivity index (χ3v) is 5.22. The summed E-state index contributed by atoms with van der Waals surface area (Å²) in [5.74, 6) is -0.244. The van der Waals surface area contributed by atoms with Crippen LogP contribution in [-0.2, 0) is 4.79 Å². The largest absolute Gasteiger partial charge is 0.512 e. The molecule has 0 saturated heterocycles. The van der Waals surface area contributed by atoms with Gasteiger partial charge in [-0.15, -0.1) is 0 Å². The summed E-state index contributed by atoms with van der Waals surface area (Å²) in [6.07, 6.45) is 1.47. The lowest BCUT2D eigenvalue weighted by molar-refractivity contribution is -0.111. The number of nitrogens with zero attached hydrogens (tertiary/aromatic N) is 2. The minimum Gasteiger partial charge on any atom is -0.512 e. The molecule has 6 nitrogen and oxygen atoms in total. The Hall–Kier alpha value is -3.16. The molecular weight excluding hydrogens is 410 g/mol. The molecule has 8 heteroatoms. The molecule has 0 radical (unpaired) electrons. The van der Waals surface area contributed by atoms with Crippen LogP contribution in [0.4, 0.5) is 5.13 Å². The smallest absolute Gasteiger partial charge is 0.204 e. The molecule has 0 unspecified atom stereocenters. The maximum atomic E-state index is 12.1. The van der Waals surface area contributed by atoms with Crippen LogP contribution < -0.4 is 5.43 Å². The minimum absolute atomic E-state index is 0.0828. The molecule has 0 aliphatic carbocycles. The number of aromatic hydroxyl groups is 1. The number of Topliss-reactive ketones (excluding diaryl/α,β-unsaturated/α-hetero) is 1. The Bertz CT molecular complexity index is 1100. The number of benzene rings is 2. The summed E-state index contributed by atoms with van der Waals surface area (Å²) in [6.45, 7) is 2.86. The zero-order valence-electron chi connectivity index (χ0n) is 15.7. The fourth-order valence-corrected chi connectivity index (χ4v) is 3.88. The number of para-hydroxylation sites is 1. The van der Waals surface area contributed by atoms with Gasteiger partial charge in [0.25, 0.3) is 0 Å². The number of hydrogen-bond acceptors (Lipinski definition) is 7. The highest BCUT2D eigenvalue weighted by atomic mass is 35.5. The molecule has 0 aliphatic rings. The zero-order valence-corrected chi connectivity index (χ0v) is 17.3. The number of rotatable bonds is 6. The molecule has 0 atom stereocenters. The number of phenolic OH excluding ortho intramolecular Hbond substituents is 1. The van der Waals surface area contributed by atoms with Crippen LogP contribution in [-0.4, -0.2) is 27.2 Å². The van der Waals surface area contributed by atoms with Gasteiger partial charge in [-0.1, -0.05) is 47.2 Å². The number of nitrogens with one attached hydrogen (secondary N) is 1. The van der Waals surface area contributed by atoms with E-state index in [9.17, 15) is 15.0 Å². The van der Waals surface area contributed by atoms with Gasteiger partial charge in [0, 0.05) is 16.1 Å². The van der Waals surface area contributed by atoms with Gasteiger partial charge in [-0.2, -0.15) is 5.10 Å². The van der Waals surface area contributed by atoms with E-state index < -0.39 is 0 Å². The third kappa shape index (κ3) is 4.82. The van der Waals surface area contributed by atoms with Crippen LogP contribution in [0.25, 0.3) is 16.8 Å². The Kier molecular flexibility index (Phi) is 6.31. The van der Waals surface area contributed by atoms with Gasteiger partial charge in [0.1, 0.15) is 11.5 Å². The second-order valence-corrected chi connectivity index (χ2v) is 7.58. The summed E-state index contributed by atoms with van der Waals surface area (Å²) in [6, 6.07) is 13.8. The van der Waals surface area contributed by atoms with E-state index in [2.05, 4.69) is 15.5 Å². The lowest BCUT2D eigenvalue weighted by atomic mass is 10.0. The van der Waals surface area contributed by atoms with E-state index in [1.807, 2.05) is 0 Å². The maximum Gasteiger partial charge on any atom is 0.204 e. The Morgan fingerprint density at radius 3 is 2.48 bits per heavy atom. The first kappa shape index (κ1) is 20.6. The first-order chi connectivity index (χ1) is 13.9. The average molecular weight is 428 g/mol. The van der Waals surface area contributed by atoms with Gasteiger partial charge < -0.3 is 10.2 Å². The van der Waals surface area contributed by atoms with Gasteiger partial charge in [0.15, 0.2) is 5.78 Å². The number of hydrogen-bond donors (Lipinski definition) is 3. The molecule has 3 rings (SSSR count). The highest BCUT2D eigenvalue weighted by molar-refractivity contribution is 7.17. The average Bonchev–Trinajstić information content (AvgIpc) is 3.07. The van der Waals surface area contributed by atoms with Crippen molar-refractivity contribution in [3.05, 3.63) is 69.8 Å². The molecule has 0 fully saturated rings. The number of halogens is 1. The Labute approximate surface area is 176 Å². The molecule has 148 valence electrons. The van der Waals surface area contributed by atoms with Gasteiger partial charge in [0.2, 0.25) is 5.13 Å². The van der Waals surface area contributed by atoms with E-state index in [0.29, 0.717) is 26.3 Å². The molecule has 0 bridgehead atoms. The summed E-state index contributed by atoms with van der Waals surface area (Å²) >= 11 is 7.17. The zero-order chi connectivity index (χ0) is 21.0. The van der Waals surface area contributed by atoms with Crippen LogP contribution >= 0.6 is 22.9 Å². The van der Waals surface area contributed by atoms with Crippen LogP contribution in [0.1, 0.15) is 24.3 Å². The molecule has 1 aromatic heterocycles. The van der Waals surface area contributed by atoms with E-state index >= 15 is 0 Å². The molecule has 0 amide bonds. The van der Waals surface area contributed by atoms with E-state index in [1.54, 1.807) is 48.5 Å². The first-order valence-corrected chi connectivity index (χ1v) is 9.81. The van der Waals surface area contributed by atoms with Crippen LogP contribution in [0.15, 0.2) is 59.4 Å². The quantitative estimate of drug-likeness (QED) is 0.209. The predicted octanol–water partition coefficient (Wildman–Crippen LogP) is 5.49. The fraction of sp³-hybridized carbons (Fsp3) is 0.0952. The Morgan fingerprint density at radius 2 is 1.86 bits per heavy atom. The number of thiazole rings is 1. The summed E-state index contributed by atoms with van der Waals surface area (Å²) in [4.78, 5) is 17.2. The standard InChI is InChI=1S/C21H18ClN3O3S/c1-12(26)18(13(2)27)20-19(14-7-9-16(22)10-8-14)24-21(29-20)25-23-11-15-5-3-4-6-17(15)28/h3-11,26,28H,1-2H3,(H,24,25). The van der Waals surface area contributed by atoms with E-state index in [1.165, 1.54) is 31.4 Å². The van der Waals surface area contributed by atoms with Crippen molar-refractivity contribution in [2.45, 2.75) is 13.8 Å². The molecule has 3 aromatic rings. The highest BCUT2D eigenvalue weighted by Crippen LogP contribution is 2.37. The summed E-state index contributed by atoms with van der Waals surface area (Å²) < 4.78 is 0. The predicted molar refractivity (Wildman–Crippen MR) is 118 cm³/mol. The molecule has 0 aliphatic heterocycles. The molecule has 0 spiro atoms. The molecular formula is C21H18ClN3O3S. The fourth-order valence-electron chi connectivity index (χ4n) is 2.67. The number of carbonyl (C=O) groups excluding carboxylic acids is 1. The lowest BCUT2D eigenvalue weighted by Crippen LogP contribution is -1.99. The topological polar surface area (TPSA) is 94.8 Å². The summed E-state index contributed by atoms with van der Waals surface area (Å²) in [7, 11) is 0. The number of ketones is 1. The van der Waals surface area contributed by atoms with Crippen molar-refractivity contribution in [3.63, 3.8) is 0 Å². The molecule has 3 N–H and O–H groups in total. The Morgan fingerprint density at radius 1 is 1.17 bits per heavy atom. The van der Waals surface area contributed by atoms with Crippen molar-refractivity contribution in [2.24, 2.45) is 5.10 Å². The third-order valence-electron chi connectivity index (χ3n) is 3.99. The van der Waals surface area contributed by atoms with Gasteiger partial charge in [-0.25, -0.2) is 4.98 Å². The van der Waals surface area contributed by atoms with Gasteiger partial charge >= 0.3 is 0 Å². The van der Waals surface area contributed by atoms with Crippen LogP contribution in [0.3, 0.4) is 0 Å². The summed E-state index contributed by atoms with van der Waals surface area (Å²) in [5.41, 5.74) is 4.85. The Balaban J connectivity index is 2.00. The van der Waals surface area contributed by atoms with E-state index in [0.717, 1.165) is 5.56 Å². The van der Waals surface area contributed by atoms with Crippen molar-refractivity contribution < 1.29 is 15.0 Å². The first-order valence-electron chi connectivity index (χ1n) is 8.61. The van der Waals surface area contributed by atoms with Crippen molar-refractivity contribution in [3.8, 4) is 17.0 Å². The number of hydrazone groups is 1. The molecule has 1 heterocycles. The number of carbonyl (C=O) groups is 1. The number of aliphatic hydroxyl groups is 1. The van der Waals surface area contributed by atoms with Crippen molar-refractivity contribution in [1.82, 2.24) is 4.98 Å². The van der Waals surface area contributed by atoms with E-state index in [-0.39, 0.29) is 22.9 Å². The monoisotopic (exact) mass is 427 g/mol.